The molecule has 1 unspecified atom stereocenters. The third kappa shape index (κ3) is 5.52. The summed E-state index contributed by atoms with van der Waals surface area (Å²) in [6, 6.07) is 6.07. The number of pyridine rings is 1. The summed E-state index contributed by atoms with van der Waals surface area (Å²) in [7, 11) is 0. The van der Waals surface area contributed by atoms with Gasteiger partial charge in [-0.2, -0.15) is 0 Å². The SMILES string of the molecule is CCCC1(C)CCCN(C(=NCCc2ccccn2)NCC)C1. The van der Waals surface area contributed by atoms with Crippen LogP contribution in [0.3, 0.4) is 0 Å². The number of nitrogens with one attached hydrogen (secondary N) is 1. The van der Waals surface area contributed by atoms with Crippen molar-refractivity contribution >= 4 is 5.96 Å². The van der Waals surface area contributed by atoms with Crippen LogP contribution in [-0.2, 0) is 6.42 Å². The van der Waals surface area contributed by atoms with Gasteiger partial charge < -0.3 is 10.2 Å². The molecular formula is C19H32N4. The first-order valence-electron chi connectivity index (χ1n) is 9.10. The fourth-order valence-corrected chi connectivity index (χ4v) is 3.55. The van der Waals surface area contributed by atoms with E-state index in [1.54, 1.807) is 0 Å². The molecule has 1 saturated heterocycles. The summed E-state index contributed by atoms with van der Waals surface area (Å²) in [6.45, 7) is 10.8. The molecule has 1 fully saturated rings. The minimum absolute atomic E-state index is 0.435. The highest BCUT2D eigenvalue weighted by molar-refractivity contribution is 5.80. The van der Waals surface area contributed by atoms with Gasteiger partial charge in [0.15, 0.2) is 5.96 Å². The molecule has 0 spiro atoms. The van der Waals surface area contributed by atoms with Crippen LogP contribution in [0.5, 0.6) is 0 Å². The Morgan fingerprint density at radius 2 is 2.26 bits per heavy atom. The molecule has 0 radical (unpaired) electrons. The van der Waals surface area contributed by atoms with Crippen LogP contribution in [0.2, 0.25) is 0 Å². The molecule has 0 aliphatic carbocycles. The molecule has 1 aliphatic rings. The number of hydrogen-bond donors (Lipinski definition) is 1. The van der Waals surface area contributed by atoms with E-state index in [2.05, 4.69) is 42.0 Å². The van der Waals surface area contributed by atoms with Crippen molar-refractivity contribution in [3.63, 3.8) is 0 Å². The molecule has 0 aromatic carbocycles. The molecule has 1 N–H and O–H groups in total. The number of aromatic nitrogens is 1. The monoisotopic (exact) mass is 316 g/mol. The molecule has 0 saturated carbocycles. The Bertz CT molecular complexity index is 481. The van der Waals surface area contributed by atoms with Gasteiger partial charge in [-0.25, -0.2) is 0 Å². The Balaban J connectivity index is 1.97. The Morgan fingerprint density at radius 3 is 2.96 bits per heavy atom. The molecule has 4 heteroatoms. The maximum Gasteiger partial charge on any atom is 0.193 e. The maximum absolute atomic E-state index is 4.85. The summed E-state index contributed by atoms with van der Waals surface area (Å²) in [4.78, 5) is 11.7. The lowest BCUT2D eigenvalue weighted by atomic mass is 9.78. The third-order valence-corrected chi connectivity index (χ3v) is 4.62. The number of rotatable bonds is 6. The molecule has 0 bridgehead atoms. The minimum atomic E-state index is 0.435. The van der Waals surface area contributed by atoms with E-state index >= 15 is 0 Å². The van der Waals surface area contributed by atoms with Gasteiger partial charge in [0.25, 0.3) is 0 Å². The van der Waals surface area contributed by atoms with Gasteiger partial charge in [0.1, 0.15) is 0 Å². The molecule has 4 nitrogen and oxygen atoms in total. The molecule has 0 amide bonds. The third-order valence-electron chi connectivity index (χ3n) is 4.62. The lowest BCUT2D eigenvalue weighted by molar-refractivity contribution is 0.142. The molecule has 1 aromatic heterocycles. The van der Waals surface area contributed by atoms with Crippen LogP contribution in [0.15, 0.2) is 29.4 Å². The topological polar surface area (TPSA) is 40.5 Å². The second kappa shape index (κ2) is 8.90. The van der Waals surface area contributed by atoms with Gasteiger partial charge in [-0.3, -0.25) is 9.98 Å². The lowest BCUT2D eigenvalue weighted by Crippen LogP contribution is -2.49. The van der Waals surface area contributed by atoms with E-state index in [9.17, 15) is 0 Å². The van der Waals surface area contributed by atoms with Gasteiger partial charge in [-0.05, 0) is 43.7 Å². The Kier molecular flexibility index (Phi) is 6.87. The summed E-state index contributed by atoms with van der Waals surface area (Å²) in [6.07, 6.45) is 7.92. The zero-order valence-corrected chi connectivity index (χ0v) is 15.0. The van der Waals surface area contributed by atoms with Crippen molar-refractivity contribution in [3.05, 3.63) is 30.1 Å². The molecule has 2 heterocycles. The van der Waals surface area contributed by atoms with Crippen molar-refractivity contribution in [3.8, 4) is 0 Å². The molecule has 1 atom stereocenters. The quantitative estimate of drug-likeness (QED) is 0.645. The van der Waals surface area contributed by atoms with Crippen molar-refractivity contribution in [1.29, 1.82) is 0 Å². The number of guanidine groups is 1. The standard InChI is InChI=1S/C19H32N4/c1-4-11-19(3)12-8-15-23(16-19)18(20-5-2)22-14-10-17-9-6-7-13-21-17/h6-7,9,13H,4-5,8,10-12,14-16H2,1-3H3,(H,20,22). The predicted octanol–water partition coefficient (Wildman–Crippen LogP) is 3.49. The first kappa shape index (κ1) is 17.8. The summed E-state index contributed by atoms with van der Waals surface area (Å²) >= 11 is 0. The van der Waals surface area contributed by atoms with E-state index in [0.29, 0.717) is 5.41 Å². The molecule has 128 valence electrons. The van der Waals surface area contributed by atoms with Crippen molar-refractivity contribution in [2.75, 3.05) is 26.2 Å². The Labute approximate surface area is 141 Å². The number of likely N-dealkylation sites (tertiary alicyclic amines) is 1. The summed E-state index contributed by atoms with van der Waals surface area (Å²) < 4.78 is 0. The number of aliphatic imine (C=N–C) groups is 1. The van der Waals surface area contributed by atoms with Crippen LogP contribution in [-0.4, -0.2) is 42.0 Å². The second-order valence-corrected chi connectivity index (χ2v) is 6.89. The first-order valence-corrected chi connectivity index (χ1v) is 9.10. The van der Waals surface area contributed by atoms with E-state index < -0.39 is 0 Å². The van der Waals surface area contributed by atoms with Crippen LogP contribution >= 0.6 is 0 Å². The second-order valence-electron chi connectivity index (χ2n) is 6.89. The fraction of sp³-hybridized carbons (Fsp3) is 0.684. The van der Waals surface area contributed by atoms with E-state index in [0.717, 1.165) is 44.3 Å². The fourth-order valence-electron chi connectivity index (χ4n) is 3.55. The smallest absolute Gasteiger partial charge is 0.193 e. The van der Waals surface area contributed by atoms with Gasteiger partial charge in [0.2, 0.25) is 0 Å². The largest absolute Gasteiger partial charge is 0.357 e. The van der Waals surface area contributed by atoms with Crippen LogP contribution in [0.1, 0.15) is 52.1 Å². The van der Waals surface area contributed by atoms with E-state index in [1.165, 1.54) is 25.7 Å². The van der Waals surface area contributed by atoms with Crippen LogP contribution in [0.25, 0.3) is 0 Å². The summed E-state index contributed by atoms with van der Waals surface area (Å²) in [5, 5.41) is 3.47. The van der Waals surface area contributed by atoms with Crippen LogP contribution in [0.4, 0.5) is 0 Å². The van der Waals surface area contributed by atoms with E-state index in [4.69, 9.17) is 4.99 Å². The average molecular weight is 316 g/mol. The molecule has 1 aromatic rings. The normalized spacial score (nSPS) is 22.2. The number of hydrogen-bond acceptors (Lipinski definition) is 2. The Morgan fingerprint density at radius 1 is 1.39 bits per heavy atom. The lowest BCUT2D eigenvalue weighted by Gasteiger charge is -2.42. The van der Waals surface area contributed by atoms with E-state index in [-0.39, 0.29) is 0 Å². The molecule has 23 heavy (non-hydrogen) atoms. The van der Waals surface area contributed by atoms with Crippen molar-refractivity contribution in [2.45, 2.75) is 52.9 Å². The van der Waals surface area contributed by atoms with Gasteiger partial charge in [0, 0.05) is 44.5 Å². The minimum Gasteiger partial charge on any atom is -0.357 e. The Hall–Kier alpha value is -1.58. The van der Waals surface area contributed by atoms with Crippen LogP contribution < -0.4 is 5.32 Å². The highest BCUT2D eigenvalue weighted by atomic mass is 15.3. The maximum atomic E-state index is 4.85. The van der Waals surface area contributed by atoms with Crippen LogP contribution in [0, 0.1) is 5.41 Å². The van der Waals surface area contributed by atoms with Gasteiger partial charge >= 0.3 is 0 Å². The predicted molar refractivity (Wildman–Crippen MR) is 97.7 cm³/mol. The van der Waals surface area contributed by atoms with Gasteiger partial charge in [0.05, 0.1) is 0 Å². The van der Waals surface area contributed by atoms with Crippen molar-refractivity contribution in [1.82, 2.24) is 15.2 Å². The van der Waals surface area contributed by atoms with Gasteiger partial charge in [-0.1, -0.05) is 26.3 Å². The molecular weight excluding hydrogens is 284 g/mol. The number of nitrogens with zero attached hydrogens (tertiary/aromatic N) is 3. The average Bonchev–Trinajstić information content (AvgIpc) is 2.55. The zero-order chi connectivity index (χ0) is 16.5. The summed E-state index contributed by atoms with van der Waals surface area (Å²) in [5.41, 5.74) is 1.55. The van der Waals surface area contributed by atoms with E-state index in [1.807, 2.05) is 18.3 Å². The highest BCUT2D eigenvalue weighted by Crippen LogP contribution is 2.33. The number of piperidine rings is 1. The first-order chi connectivity index (χ1) is 11.2. The van der Waals surface area contributed by atoms with Crippen molar-refractivity contribution in [2.24, 2.45) is 10.4 Å². The highest BCUT2D eigenvalue weighted by Gasteiger charge is 2.31. The van der Waals surface area contributed by atoms with Gasteiger partial charge in [-0.15, -0.1) is 0 Å². The zero-order valence-electron chi connectivity index (χ0n) is 15.0. The molecule has 2 rings (SSSR count). The molecule has 1 aliphatic heterocycles. The van der Waals surface area contributed by atoms with Crippen molar-refractivity contribution < 1.29 is 0 Å². The summed E-state index contributed by atoms with van der Waals surface area (Å²) in [5.74, 6) is 1.07.